The third-order valence-corrected chi connectivity index (χ3v) is 14.8. The van der Waals surface area contributed by atoms with Crippen molar-refractivity contribution in [2.45, 2.75) is 312 Å². The van der Waals surface area contributed by atoms with Gasteiger partial charge in [0.25, 0.3) is 0 Å². The van der Waals surface area contributed by atoms with Crippen LogP contribution in [0.25, 0.3) is 0 Å². The van der Waals surface area contributed by atoms with Crippen molar-refractivity contribution in [3.8, 4) is 0 Å². The first-order valence-corrected chi connectivity index (χ1v) is 30.4. The molecular weight excluding hydrogens is 955 g/mol. The SMILES string of the molecule is CCCCCCC/C=C\C/C=C\C/C=C\CCCCCCCCCCC(=O)NC(COC1OC(CO)C(OC2OC(CO)C(O)C(O)C2O)C(O)C1O)C(O)/C=C/CCCCCCCCCCCCCCCCCC. The summed E-state index contributed by atoms with van der Waals surface area (Å²) in [4.78, 5) is 13.3. The highest BCUT2D eigenvalue weighted by molar-refractivity contribution is 5.76. The molecule has 14 heteroatoms. The van der Waals surface area contributed by atoms with Gasteiger partial charge < -0.3 is 65.1 Å². The quantitative estimate of drug-likeness (QED) is 0.0204. The molecule has 0 aromatic rings. The lowest BCUT2D eigenvalue weighted by Crippen LogP contribution is -2.65. The minimum absolute atomic E-state index is 0.246. The van der Waals surface area contributed by atoms with Gasteiger partial charge in [-0.15, -0.1) is 0 Å². The fourth-order valence-corrected chi connectivity index (χ4v) is 9.83. The molecule has 2 fully saturated rings. The van der Waals surface area contributed by atoms with Crippen LogP contribution in [0, 0.1) is 0 Å². The summed E-state index contributed by atoms with van der Waals surface area (Å²) >= 11 is 0. The van der Waals surface area contributed by atoms with Crippen molar-refractivity contribution in [3.63, 3.8) is 0 Å². The van der Waals surface area contributed by atoms with Gasteiger partial charge in [0, 0.05) is 6.42 Å². The number of amides is 1. The van der Waals surface area contributed by atoms with Crippen molar-refractivity contribution in [1.82, 2.24) is 5.32 Å². The first-order chi connectivity index (χ1) is 36.6. The average Bonchev–Trinajstić information content (AvgIpc) is 3.41. The van der Waals surface area contributed by atoms with E-state index in [1.165, 1.54) is 154 Å². The molecule has 438 valence electrons. The van der Waals surface area contributed by atoms with E-state index in [4.69, 9.17) is 18.9 Å². The van der Waals surface area contributed by atoms with Crippen LogP contribution in [-0.4, -0.2) is 140 Å². The van der Waals surface area contributed by atoms with Gasteiger partial charge in [-0.25, -0.2) is 0 Å². The van der Waals surface area contributed by atoms with Crippen LogP contribution in [0.4, 0.5) is 0 Å². The number of unbranched alkanes of at least 4 members (excludes halogenated alkanes) is 29. The maximum Gasteiger partial charge on any atom is 0.220 e. The van der Waals surface area contributed by atoms with E-state index < -0.39 is 86.8 Å². The number of aliphatic hydroxyl groups excluding tert-OH is 8. The molecule has 0 aliphatic carbocycles. The third kappa shape index (κ3) is 32.6. The van der Waals surface area contributed by atoms with Crippen molar-refractivity contribution < 1.29 is 64.6 Å². The summed E-state index contributed by atoms with van der Waals surface area (Å²) in [5.41, 5.74) is 0. The lowest BCUT2D eigenvalue weighted by molar-refractivity contribution is -0.359. The van der Waals surface area contributed by atoms with Crippen LogP contribution in [0.2, 0.25) is 0 Å². The van der Waals surface area contributed by atoms with Crippen molar-refractivity contribution in [2.24, 2.45) is 0 Å². The smallest absolute Gasteiger partial charge is 0.220 e. The van der Waals surface area contributed by atoms with E-state index >= 15 is 0 Å². The van der Waals surface area contributed by atoms with Gasteiger partial charge in [0.05, 0.1) is 32.0 Å². The Morgan fingerprint density at radius 3 is 1.35 bits per heavy atom. The number of carbonyl (C=O) groups excluding carboxylic acids is 1. The van der Waals surface area contributed by atoms with E-state index in [0.717, 1.165) is 57.8 Å². The van der Waals surface area contributed by atoms with Gasteiger partial charge in [0.15, 0.2) is 12.6 Å². The predicted molar refractivity (Wildman–Crippen MR) is 300 cm³/mol. The molecule has 12 atom stereocenters. The lowest BCUT2D eigenvalue weighted by Gasteiger charge is -2.46. The molecule has 75 heavy (non-hydrogen) atoms. The Kier molecular flexibility index (Phi) is 43.1. The molecule has 2 aliphatic rings. The normalized spacial score (nSPS) is 25.4. The minimum atomic E-state index is -1.79. The van der Waals surface area contributed by atoms with Gasteiger partial charge >= 0.3 is 0 Å². The number of carbonyl (C=O) groups is 1. The molecule has 1 amide bonds. The molecule has 0 saturated carbocycles. The maximum absolute atomic E-state index is 13.3. The van der Waals surface area contributed by atoms with Gasteiger partial charge in [-0.2, -0.15) is 0 Å². The van der Waals surface area contributed by atoms with Gasteiger partial charge in [-0.1, -0.05) is 223 Å². The first kappa shape index (κ1) is 69.1. The van der Waals surface area contributed by atoms with Gasteiger partial charge in [-0.3, -0.25) is 4.79 Å². The number of allylic oxidation sites excluding steroid dienone is 7. The van der Waals surface area contributed by atoms with Crippen molar-refractivity contribution in [1.29, 1.82) is 0 Å². The fraction of sp³-hybridized carbons (Fsp3) is 0.852. The van der Waals surface area contributed by atoms with Gasteiger partial charge in [-0.05, 0) is 57.8 Å². The van der Waals surface area contributed by atoms with E-state index in [1.54, 1.807) is 6.08 Å². The number of aliphatic hydroxyl groups is 8. The summed E-state index contributed by atoms with van der Waals surface area (Å²) in [6.07, 6.45) is 41.4. The zero-order valence-electron chi connectivity index (χ0n) is 47.0. The van der Waals surface area contributed by atoms with E-state index in [2.05, 4.69) is 55.6 Å². The van der Waals surface area contributed by atoms with E-state index in [0.29, 0.717) is 6.42 Å². The van der Waals surface area contributed by atoms with Crippen molar-refractivity contribution in [2.75, 3.05) is 19.8 Å². The number of hydrogen-bond donors (Lipinski definition) is 9. The Hall–Kier alpha value is -2.05. The van der Waals surface area contributed by atoms with Crippen LogP contribution >= 0.6 is 0 Å². The van der Waals surface area contributed by atoms with Crippen LogP contribution in [0.15, 0.2) is 48.6 Å². The Morgan fingerprint density at radius 2 is 0.880 bits per heavy atom. The van der Waals surface area contributed by atoms with Crippen LogP contribution in [0.5, 0.6) is 0 Å². The van der Waals surface area contributed by atoms with Gasteiger partial charge in [0.1, 0.15) is 48.8 Å². The molecule has 2 heterocycles. The molecular formula is C61H111NO13. The second-order valence-corrected chi connectivity index (χ2v) is 21.5. The summed E-state index contributed by atoms with van der Waals surface area (Å²) in [7, 11) is 0. The molecule has 14 nitrogen and oxygen atoms in total. The first-order valence-electron chi connectivity index (χ1n) is 30.4. The molecule has 0 aromatic carbocycles. The number of rotatable bonds is 48. The molecule has 0 bridgehead atoms. The third-order valence-electron chi connectivity index (χ3n) is 14.8. The summed E-state index contributed by atoms with van der Waals surface area (Å²) in [5, 5.41) is 87.1. The van der Waals surface area contributed by atoms with Crippen molar-refractivity contribution >= 4 is 5.91 Å². The largest absolute Gasteiger partial charge is 0.394 e. The van der Waals surface area contributed by atoms with E-state index in [-0.39, 0.29) is 18.9 Å². The topological polar surface area (TPSA) is 228 Å². The zero-order chi connectivity index (χ0) is 54.6. The Bertz CT molecular complexity index is 1440. The molecule has 2 saturated heterocycles. The highest BCUT2D eigenvalue weighted by atomic mass is 16.7. The van der Waals surface area contributed by atoms with E-state index in [9.17, 15) is 45.6 Å². The number of hydrogen-bond acceptors (Lipinski definition) is 13. The van der Waals surface area contributed by atoms with Crippen LogP contribution in [0.1, 0.15) is 239 Å². The van der Waals surface area contributed by atoms with Crippen LogP contribution in [0.3, 0.4) is 0 Å². The molecule has 2 aliphatic heterocycles. The summed E-state index contributed by atoms with van der Waals surface area (Å²) in [6.45, 7) is 2.79. The lowest BCUT2D eigenvalue weighted by atomic mass is 9.97. The summed E-state index contributed by atoms with van der Waals surface area (Å²) in [5.74, 6) is -0.246. The Labute approximate surface area is 454 Å². The highest BCUT2D eigenvalue weighted by Gasteiger charge is 2.51. The summed E-state index contributed by atoms with van der Waals surface area (Å²) < 4.78 is 22.8. The van der Waals surface area contributed by atoms with Crippen LogP contribution in [-0.2, 0) is 23.7 Å². The van der Waals surface area contributed by atoms with Crippen LogP contribution < -0.4 is 5.32 Å². The summed E-state index contributed by atoms with van der Waals surface area (Å²) in [6, 6.07) is -0.920. The molecule has 0 aromatic heterocycles. The van der Waals surface area contributed by atoms with Crippen molar-refractivity contribution in [3.05, 3.63) is 48.6 Å². The molecule has 0 radical (unpaired) electrons. The highest BCUT2D eigenvalue weighted by Crippen LogP contribution is 2.30. The molecule has 12 unspecified atom stereocenters. The monoisotopic (exact) mass is 1070 g/mol. The second-order valence-electron chi connectivity index (χ2n) is 21.5. The number of nitrogens with one attached hydrogen (secondary N) is 1. The van der Waals surface area contributed by atoms with E-state index in [1.807, 2.05) is 6.08 Å². The Balaban J connectivity index is 1.77. The number of ether oxygens (including phenoxy) is 4. The van der Waals surface area contributed by atoms with Gasteiger partial charge in [0.2, 0.25) is 5.91 Å². The predicted octanol–water partition coefficient (Wildman–Crippen LogP) is 10.4. The minimum Gasteiger partial charge on any atom is -0.394 e. The molecule has 9 N–H and O–H groups in total. The molecule has 2 rings (SSSR count). The maximum atomic E-state index is 13.3. The zero-order valence-corrected chi connectivity index (χ0v) is 47.0. The second kappa shape index (κ2) is 46.8. The Morgan fingerprint density at radius 1 is 0.480 bits per heavy atom. The average molecular weight is 1070 g/mol. The molecule has 0 spiro atoms. The fourth-order valence-electron chi connectivity index (χ4n) is 9.83. The standard InChI is InChI=1S/C61H111NO13/c1-3-5-7-9-11-13-15-17-19-21-23-24-25-26-27-29-31-33-35-37-39-41-43-45-53(66)62-49(50(65)44-42-40-38-36-34-32-30-28-22-20-18-16-14-12-10-8-6-4-2)48-72-60-58(71)56(69)59(52(47-64)74-60)75-61-57(70)55(68)54(67)51(46-63)73-61/h15,17,21,23,25-26,42,44,49-52,54-61,63-65,67-71H,3-14,16,18-20,22,24,27-41,43,45-48H2,1-2H3,(H,62,66)/b17-15-,23-21-,26-25-,44-42+.